The van der Waals surface area contributed by atoms with Crippen molar-refractivity contribution in [1.82, 2.24) is 0 Å². The number of hydrogen-bond acceptors (Lipinski definition) is 0. The van der Waals surface area contributed by atoms with E-state index >= 15 is 0 Å². The van der Waals surface area contributed by atoms with Crippen molar-refractivity contribution < 1.29 is 0 Å². The van der Waals surface area contributed by atoms with Crippen molar-refractivity contribution in [1.29, 1.82) is 0 Å². The van der Waals surface area contributed by atoms with Gasteiger partial charge in [0.15, 0.2) is 0 Å². The summed E-state index contributed by atoms with van der Waals surface area (Å²) in [6.45, 7) is 7.97. The Kier molecular flexibility index (Phi) is 12.6. The van der Waals surface area contributed by atoms with Gasteiger partial charge in [-0.1, -0.05) is 43.4 Å². The van der Waals surface area contributed by atoms with E-state index in [9.17, 15) is 0 Å². The molecule has 0 aliphatic carbocycles. The Morgan fingerprint density at radius 1 is 1.11 bits per heavy atom. The van der Waals surface area contributed by atoms with Gasteiger partial charge in [0.05, 0.1) is 0 Å². The Morgan fingerprint density at radius 3 is 2.61 bits per heavy atom. The molecule has 18 heavy (non-hydrogen) atoms. The summed E-state index contributed by atoms with van der Waals surface area (Å²) in [5.74, 6) is 12.3. The molecule has 0 fully saturated rings. The second-order valence-electron chi connectivity index (χ2n) is 4.46. The van der Waals surface area contributed by atoms with Gasteiger partial charge in [0, 0.05) is 12.3 Å². The zero-order valence-electron chi connectivity index (χ0n) is 12.0. The molecule has 0 aromatic heterocycles. The average Bonchev–Trinajstić information content (AvgIpc) is 2.37. The van der Waals surface area contributed by atoms with Crippen molar-refractivity contribution >= 4 is 0 Å². The predicted octanol–water partition coefficient (Wildman–Crippen LogP) is 5.12. The van der Waals surface area contributed by atoms with E-state index in [1.165, 1.54) is 19.3 Å². The van der Waals surface area contributed by atoms with Crippen LogP contribution in [0.25, 0.3) is 0 Å². The highest BCUT2D eigenvalue weighted by molar-refractivity contribution is 5.27. The topological polar surface area (TPSA) is 0 Å². The molecule has 0 rings (SSSR count). The normalized spacial score (nSPS) is 11.2. The van der Waals surface area contributed by atoms with E-state index < -0.39 is 0 Å². The Labute approximate surface area is 114 Å². The molecule has 0 aliphatic heterocycles. The molecule has 0 heterocycles. The molecule has 1 unspecified atom stereocenters. The summed E-state index contributed by atoms with van der Waals surface area (Å²) in [6, 6.07) is 0. The van der Waals surface area contributed by atoms with Gasteiger partial charge in [-0.05, 0) is 50.9 Å². The van der Waals surface area contributed by atoms with E-state index in [4.69, 9.17) is 0 Å². The summed E-state index contributed by atoms with van der Waals surface area (Å²) >= 11 is 0. The molecule has 0 aromatic carbocycles. The molecule has 0 amide bonds. The van der Waals surface area contributed by atoms with Crippen molar-refractivity contribution in [3.8, 4) is 23.7 Å². The van der Waals surface area contributed by atoms with Crippen LogP contribution >= 0.6 is 0 Å². The lowest BCUT2D eigenvalue weighted by molar-refractivity contribution is 0.695. The zero-order valence-corrected chi connectivity index (χ0v) is 12.0. The lowest BCUT2D eigenvalue weighted by Gasteiger charge is -1.96. The first-order chi connectivity index (χ1) is 8.81. The van der Waals surface area contributed by atoms with Crippen LogP contribution in [0.5, 0.6) is 0 Å². The van der Waals surface area contributed by atoms with Crippen LogP contribution < -0.4 is 0 Å². The summed E-state index contributed by atoms with van der Waals surface area (Å²) in [5.41, 5.74) is 0. The summed E-state index contributed by atoms with van der Waals surface area (Å²) in [4.78, 5) is 0. The van der Waals surface area contributed by atoms with E-state index in [-0.39, 0.29) is 0 Å². The van der Waals surface area contributed by atoms with Crippen LogP contribution in [-0.2, 0) is 0 Å². The standard InChI is InChI=1S/C18H26/c1-4-6-8-10-11-13-15-17-18(3)16-14-12-9-7-5-2/h4,15,17-18H,1,5-8,10-11,13H2,2-3H3. The van der Waals surface area contributed by atoms with Crippen LogP contribution in [-0.4, -0.2) is 0 Å². The maximum atomic E-state index is 3.72. The van der Waals surface area contributed by atoms with E-state index in [1.807, 2.05) is 6.08 Å². The second kappa shape index (κ2) is 13.7. The minimum atomic E-state index is 0.314. The first-order valence-corrected chi connectivity index (χ1v) is 7.07. The Hall–Kier alpha value is -1.40. The fourth-order valence-corrected chi connectivity index (χ4v) is 1.46. The molecule has 0 radical (unpaired) electrons. The fourth-order valence-electron chi connectivity index (χ4n) is 1.46. The Balaban J connectivity index is 3.64. The summed E-state index contributed by atoms with van der Waals surface area (Å²) in [6.07, 6.45) is 14.6. The van der Waals surface area contributed by atoms with E-state index in [1.54, 1.807) is 0 Å². The van der Waals surface area contributed by atoms with Crippen molar-refractivity contribution in [2.24, 2.45) is 5.92 Å². The second-order valence-corrected chi connectivity index (χ2v) is 4.46. The van der Waals surface area contributed by atoms with Gasteiger partial charge in [-0.25, -0.2) is 0 Å². The van der Waals surface area contributed by atoms with Gasteiger partial charge in [0.1, 0.15) is 0 Å². The average molecular weight is 242 g/mol. The van der Waals surface area contributed by atoms with Crippen LogP contribution in [0.15, 0.2) is 24.8 Å². The maximum Gasteiger partial charge on any atom is 0.0364 e. The first-order valence-electron chi connectivity index (χ1n) is 7.07. The van der Waals surface area contributed by atoms with Crippen molar-refractivity contribution in [3.63, 3.8) is 0 Å². The van der Waals surface area contributed by atoms with Gasteiger partial charge >= 0.3 is 0 Å². The SMILES string of the molecule is C=CCCCCCC=CC(C)C#CC#CCCC. The lowest BCUT2D eigenvalue weighted by Crippen LogP contribution is -1.82. The molecule has 0 nitrogen and oxygen atoms in total. The minimum Gasteiger partial charge on any atom is -0.103 e. The molecule has 0 aromatic rings. The summed E-state index contributed by atoms with van der Waals surface area (Å²) < 4.78 is 0. The van der Waals surface area contributed by atoms with Crippen LogP contribution in [0.1, 0.15) is 58.8 Å². The molecule has 0 spiro atoms. The third-order valence-corrected chi connectivity index (χ3v) is 2.53. The molecule has 0 saturated heterocycles. The van der Waals surface area contributed by atoms with E-state index in [0.29, 0.717) is 5.92 Å². The van der Waals surface area contributed by atoms with Crippen molar-refractivity contribution in [2.75, 3.05) is 0 Å². The molecule has 98 valence electrons. The van der Waals surface area contributed by atoms with Gasteiger partial charge in [-0.15, -0.1) is 6.58 Å². The van der Waals surface area contributed by atoms with Gasteiger partial charge in [0.25, 0.3) is 0 Å². The summed E-state index contributed by atoms with van der Waals surface area (Å²) in [7, 11) is 0. The monoisotopic (exact) mass is 242 g/mol. The van der Waals surface area contributed by atoms with Gasteiger partial charge in [-0.3, -0.25) is 0 Å². The number of hydrogen-bond donors (Lipinski definition) is 0. The molecular formula is C18H26. The third kappa shape index (κ3) is 12.7. The molecule has 0 bridgehead atoms. The highest BCUT2D eigenvalue weighted by Crippen LogP contribution is 2.05. The van der Waals surface area contributed by atoms with Gasteiger partial charge in [-0.2, -0.15) is 0 Å². The summed E-state index contributed by atoms with van der Waals surface area (Å²) in [5, 5.41) is 0. The molecule has 0 N–H and O–H groups in total. The van der Waals surface area contributed by atoms with Gasteiger partial charge in [0.2, 0.25) is 0 Å². The van der Waals surface area contributed by atoms with E-state index in [2.05, 4.69) is 56.3 Å². The van der Waals surface area contributed by atoms with Gasteiger partial charge < -0.3 is 0 Å². The number of allylic oxidation sites excluding steroid dienone is 3. The van der Waals surface area contributed by atoms with Crippen molar-refractivity contribution in [3.05, 3.63) is 24.8 Å². The molecular weight excluding hydrogens is 216 g/mol. The van der Waals surface area contributed by atoms with E-state index in [0.717, 1.165) is 25.7 Å². The van der Waals surface area contributed by atoms with Crippen molar-refractivity contribution in [2.45, 2.75) is 58.8 Å². The maximum absolute atomic E-state index is 3.72. The first kappa shape index (κ1) is 16.6. The minimum absolute atomic E-state index is 0.314. The van der Waals surface area contributed by atoms with Crippen LogP contribution in [0, 0.1) is 29.6 Å². The molecule has 0 aliphatic rings. The highest BCUT2D eigenvalue weighted by Gasteiger charge is 1.89. The third-order valence-electron chi connectivity index (χ3n) is 2.53. The zero-order chi connectivity index (χ0) is 13.5. The fraction of sp³-hybridized carbons (Fsp3) is 0.556. The number of unbranched alkanes of at least 4 members (excludes halogenated alkanes) is 5. The molecule has 1 atom stereocenters. The largest absolute Gasteiger partial charge is 0.103 e. The predicted molar refractivity (Wildman–Crippen MR) is 82.0 cm³/mol. The molecule has 0 saturated carbocycles. The van der Waals surface area contributed by atoms with Crippen LogP contribution in [0.3, 0.4) is 0 Å². The Bertz CT molecular complexity index is 338. The quantitative estimate of drug-likeness (QED) is 0.315. The Morgan fingerprint density at radius 2 is 1.89 bits per heavy atom. The molecule has 0 heteroatoms. The number of rotatable bonds is 8. The highest BCUT2D eigenvalue weighted by atomic mass is 13.9. The van der Waals surface area contributed by atoms with Crippen LogP contribution in [0.2, 0.25) is 0 Å². The smallest absolute Gasteiger partial charge is 0.0364 e. The lowest BCUT2D eigenvalue weighted by atomic mass is 10.1. The van der Waals surface area contributed by atoms with Crippen LogP contribution in [0.4, 0.5) is 0 Å².